The summed E-state index contributed by atoms with van der Waals surface area (Å²) in [5.74, 6) is -4.46. The second-order valence-electron chi connectivity index (χ2n) is 9.84. The van der Waals surface area contributed by atoms with Gasteiger partial charge in [-0.15, -0.1) is 0 Å². The summed E-state index contributed by atoms with van der Waals surface area (Å²) in [6.07, 6.45) is -6.76. The van der Waals surface area contributed by atoms with Gasteiger partial charge in [0.2, 0.25) is 0 Å². The molecule has 0 saturated heterocycles. The molecule has 3 heterocycles. The summed E-state index contributed by atoms with van der Waals surface area (Å²) in [5, 5.41) is 7.96. The predicted molar refractivity (Wildman–Crippen MR) is 140 cm³/mol. The molecular formula is C25H22ClF5N6O2S. The maximum Gasteiger partial charge on any atom is 0.453 e. The summed E-state index contributed by atoms with van der Waals surface area (Å²) in [7, 11) is -3.39. The molecule has 0 bridgehead atoms. The molecule has 0 fully saturated rings. The van der Waals surface area contributed by atoms with Crippen LogP contribution in [0.4, 0.5) is 33.6 Å². The quantitative estimate of drug-likeness (QED) is 0.288. The van der Waals surface area contributed by atoms with Crippen LogP contribution >= 0.6 is 11.6 Å². The van der Waals surface area contributed by atoms with Crippen molar-refractivity contribution < 1.29 is 30.4 Å². The summed E-state index contributed by atoms with van der Waals surface area (Å²) in [6, 6.07) is 10.9. The molecular weight excluding hydrogens is 579 g/mol. The van der Waals surface area contributed by atoms with Crippen LogP contribution in [0, 0.1) is 0 Å². The Balaban J connectivity index is 1.55. The molecule has 0 radical (unpaired) electrons. The highest BCUT2D eigenvalue weighted by molar-refractivity contribution is 7.90. The number of sulfone groups is 1. The van der Waals surface area contributed by atoms with Gasteiger partial charge < -0.3 is 11.1 Å². The molecule has 2 aromatic carbocycles. The Bertz CT molecular complexity index is 1740. The summed E-state index contributed by atoms with van der Waals surface area (Å²) < 4.78 is 90.5. The first-order chi connectivity index (χ1) is 18.5. The van der Waals surface area contributed by atoms with E-state index in [1.54, 1.807) is 12.1 Å². The lowest BCUT2D eigenvalue weighted by molar-refractivity contribution is -0.284. The number of nitrogen functional groups attached to an aromatic ring is 1. The first-order valence-electron chi connectivity index (χ1n) is 11.9. The third-order valence-electron chi connectivity index (χ3n) is 7.00. The van der Waals surface area contributed by atoms with E-state index in [9.17, 15) is 30.4 Å². The normalized spacial score (nSPS) is 17.7. The highest BCUT2D eigenvalue weighted by atomic mass is 35.5. The monoisotopic (exact) mass is 600 g/mol. The van der Waals surface area contributed by atoms with Crippen LogP contribution in [0.5, 0.6) is 0 Å². The van der Waals surface area contributed by atoms with E-state index >= 15 is 0 Å². The summed E-state index contributed by atoms with van der Waals surface area (Å²) in [4.78, 5) is 9.10. The van der Waals surface area contributed by atoms with Crippen LogP contribution in [0.15, 0.2) is 47.4 Å². The molecule has 1 unspecified atom stereocenters. The lowest BCUT2D eigenvalue weighted by Crippen LogP contribution is -2.36. The average Bonchev–Trinajstić information content (AvgIpc) is 3.40. The van der Waals surface area contributed by atoms with Crippen LogP contribution in [0.3, 0.4) is 0 Å². The van der Waals surface area contributed by atoms with Crippen molar-refractivity contribution in [3.63, 3.8) is 0 Å². The van der Waals surface area contributed by atoms with E-state index in [0.717, 1.165) is 11.8 Å². The van der Waals surface area contributed by atoms with Gasteiger partial charge in [-0.1, -0.05) is 23.7 Å². The third-order valence-corrected chi connectivity index (χ3v) is 8.37. The molecule has 1 atom stereocenters. The minimum absolute atomic E-state index is 0.0263. The van der Waals surface area contributed by atoms with E-state index < -0.39 is 40.2 Å². The van der Waals surface area contributed by atoms with Crippen LogP contribution in [-0.2, 0) is 21.7 Å². The number of alkyl halides is 5. The number of nitrogens with zero attached hydrogens (tertiary/aromatic N) is 4. The number of hydrogen-bond donors (Lipinski definition) is 2. The molecule has 1 aliphatic heterocycles. The zero-order valence-corrected chi connectivity index (χ0v) is 22.6. The van der Waals surface area contributed by atoms with E-state index in [0.29, 0.717) is 23.4 Å². The minimum atomic E-state index is -5.69. The summed E-state index contributed by atoms with van der Waals surface area (Å²) in [5.41, 5.74) is 7.30. The topological polar surface area (TPSA) is 116 Å². The summed E-state index contributed by atoms with van der Waals surface area (Å²) >= 11 is 6.07. The SMILES string of the molecule is CC1(c2ccc(S(C)(=O)=O)cc2)CNc2nc(-n3nc(CCC(F)(F)C(F)(F)F)c4cc(Cl)ccc43)nc(N)c21. The number of anilines is 2. The van der Waals surface area contributed by atoms with Crippen LogP contribution in [0.2, 0.25) is 5.02 Å². The van der Waals surface area contributed by atoms with Crippen molar-refractivity contribution in [1.82, 2.24) is 19.7 Å². The van der Waals surface area contributed by atoms with Crippen molar-refractivity contribution in [3.8, 4) is 5.95 Å². The van der Waals surface area contributed by atoms with Crippen LogP contribution in [0.25, 0.3) is 16.9 Å². The highest BCUT2D eigenvalue weighted by Gasteiger charge is 2.56. The third kappa shape index (κ3) is 4.72. The Kier molecular flexibility index (Phi) is 6.49. The fourth-order valence-electron chi connectivity index (χ4n) is 4.80. The Labute approximate surface area is 230 Å². The number of halogens is 6. The molecule has 3 N–H and O–H groups in total. The molecule has 5 rings (SSSR count). The second-order valence-corrected chi connectivity index (χ2v) is 12.3. The maximum absolute atomic E-state index is 13.7. The van der Waals surface area contributed by atoms with Crippen molar-refractivity contribution in [3.05, 3.63) is 64.3 Å². The van der Waals surface area contributed by atoms with E-state index in [4.69, 9.17) is 17.3 Å². The lowest BCUT2D eigenvalue weighted by atomic mass is 9.78. The van der Waals surface area contributed by atoms with Crippen LogP contribution < -0.4 is 11.1 Å². The zero-order valence-electron chi connectivity index (χ0n) is 21.0. The van der Waals surface area contributed by atoms with Gasteiger partial charge in [-0.3, -0.25) is 0 Å². The molecule has 0 aliphatic carbocycles. The molecule has 0 saturated carbocycles. The highest BCUT2D eigenvalue weighted by Crippen LogP contribution is 2.44. The standard InChI is InChI=1S/C25H22ClF5N6O2S/c1-23(13-3-6-15(7-4-13)40(2,38)39)12-33-21-19(23)20(32)34-22(35-21)37-18-8-5-14(26)11-16(18)17(36-37)9-10-24(27,28)25(29,30)31/h3-8,11H,9-10,12H2,1-2H3,(H3,32,33,34,35). The van der Waals surface area contributed by atoms with Gasteiger partial charge in [0.15, 0.2) is 9.84 Å². The van der Waals surface area contributed by atoms with Crippen LogP contribution in [0.1, 0.15) is 30.2 Å². The number of rotatable bonds is 6. The molecule has 0 amide bonds. The maximum atomic E-state index is 13.7. The van der Waals surface area contributed by atoms with Gasteiger partial charge in [-0.2, -0.15) is 41.7 Å². The lowest BCUT2D eigenvalue weighted by Gasteiger charge is -2.25. The summed E-state index contributed by atoms with van der Waals surface area (Å²) in [6.45, 7) is 2.25. The molecule has 8 nitrogen and oxygen atoms in total. The van der Waals surface area contributed by atoms with Gasteiger partial charge in [-0.25, -0.2) is 8.42 Å². The fraction of sp³-hybridized carbons (Fsp3) is 0.320. The van der Waals surface area contributed by atoms with Crippen molar-refractivity contribution in [2.75, 3.05) is 23.9 Å². The predicted octanol–water partition coefficient (Wildman–Crippen LogP) is 5.32. The first-order valence-corrected chi connectivity index (χ1v) is 14.1. The molecule has 4 aromatic rings. The number of benzene rings is 2. The van der Waals surface area contributed by atoms with Gasteiger partial charge >= 0.3 is 12.1 Å². The van der Waals surface area contributed by atoms with Crippen molar-refractivity contribution in [1.29, 1.82) is 0 Å². The number of nitrogens with one attached hydrogen (secondary N) is 1. The Morgan fingerprint density at radius 2 is 1.77 bits per heavy atom. The van der Waals surface area contributed by atoms with Gasteiger partial charge in [0.05, 0.1) is 16.1 Å². The Morgan fingerprint density at radius 3 is 2.40 bits per heavy atom. The number of nitrogens with two attached hydrogens (primary N) is 1. The van der Waals surface area contributed by atoms with Gasteiger partial charge in [-0.05, 0) is 49.2 Å². The van der Waals surface area contributed by atoms with Crippen LogP contribution in [-0.4, -0.2) is 53.1 Å². The van der Waals surface area contributed by atoms with Crippen molar-refractivity contribution in [2.24, 2.45) is 0 Å². The molecule has 15 heteroatoms. The van der Waals surface area contributed by atoms with E-state index in [1.165, 1.54) is 35.0 Å². The van der Waals surface area contributed by atoms with Gasteiger partial charge in [0.1, 0.15) is 11.6 Å². The van der Waals surface area contributed by atoms with Gasteiger partial charge in [0.25, 0.3) is 5.95 Å². The average molecular weight is 601 g/mol. The fourth-order valence-corrected chi connectivity index (χ4v) is 5.61. The zero-order chi connectivity index (χ0) is 29.3. The Hall–Kier alpha value is -3.52. The molecule has 0 spiro atoms. The second kappa shape index (κ2) is 9.26. The molecule has 1 aliphatic rings. The van der Waals surface area contributed by atoms with E-state index in [1.807, 2.05) is 6.92 Å². The minimum Gasteiger partial charge on any atom is -0.383 e. The molecule has 212 valence electrons. The van der Waals surface area contributed by atoms with Gasteiger partial charge in [0, 0.05) is 40.6 Å². The molecule has 40 heavy (non-hydrogen) atoms. The van der Waals surface area contributed by atoms with Crippen molar-refractivity contribution in [2.45, 2.75) is 42.2 Å². The van der Waals surface area contributed by atoms with Crippen molar-refractivity contribution >= 4 is 44.0 Å². The Morgan fingerprint density at radius 1 is 1.10 bits per heavy atom. The number of fused-ring (bicyclic) bond motifs is 2. The molecule has 2 aromatic heterocycles. The van der Waals surface area contributed by atoms with E-state index in [2.05, 4.69) is 20.4 Å². The number of aryl methyl sites for hydroxylation is 1. The number of hydrogen-bond acceptors (Lipinski definition) is 7. The smallest absolute Gasteiger partial charge is 0.383 e. The number of aromatic nitrogens is 4. The van der Waals surface area contributed by atoms with E-state index in [-0.39, 0.29) is 32.8 Å². The first kappa shape index (κ1) is 28.0. The largest absolute Gasteiger partial charge is 0.453 e.